The number of nitrogens with one attached hydrogen (secondary N) is 2. The SMILES string of the molecule is COc1cc(NC(=O)C2CCC(N3Cc4c(ccc(OC5CC(C)C5)c4C)NC3=O)CC2)ccc1C. The average molecular weight is 492 g/mol. The van der Waals surface area contributed by atoms with Crippen molar-refractivity contribution < 1.29 is 19.1 Å². The molecule has 36 heavy (non-hydrogen) atoms. The van der Waals surface area contributed by atoms with Crippen molar-refractivity contribution in [2.24, 2.45) is 11.8 Å². The van der Waals surface area contributed by atoms with Crippen LogP contribution in [0.1, 0.15) is 62.1 Å². The normalized spacial score (nSPS) is 25.3. The Balaban J connectivity index is 1.20. The Labute approximate surface area is 213 Å². The van der Waals surface area contributed by atoms with Gasteiger partial charge in [0.1, 0.15) is 11.5 Å². The predicted octanol–water partition coefficient (Wildman–Crippen LogP) is 6.03. The number of methoxy groups -OCH3 is 1. The lowest BCUT2D eigenvalue weighted by Crippen LogP contribution is -2.47. The number of hydrogen-bond donors (Lipinski definition) is 2. The number of amides is 3. The summed E-state index contributed by atoms with van der Waals surface area (Å²) in [6.45, 7) is 6.90. The van der Waals surface area contributed by atoms with Crippen molar-refractivity contribution in [3.8, 4) is 11.5 Å². The first-order chi connectivity index (χ1) is 17.3. The van der Waals surface area contributed by atoms with E-state index in [-0.39, 0.29) is 23.9 Å². The van der Waals surface area contributed by atoms with E-state index in [1.165, 1.54) is 0 Å². The van der Waals surface area contributed by atoms with Gasteiger partial charge in [-0.25, -0.2) is 4.79 Å². The number of urea groups is 1. The number of carbonyl (C=O) groups is 2. The molecule has 7 nitrogen and oxygen atoms in total. The zero-order valence-electron chi connectivity index (χ0n) is 21.7. The average Bonchev–Trinajstić information content (AvgIpc) is 2.85. The number of benzene rings is 2. The molecule has 2 fully saturated rings. The Kier molecular flexibility index (Phi) is 6.82. The molecule has 2 aromatic carbocycles. The second kappa shape index (κ2) is 10.0. The Morgan fingerprint density at radius 3 is 2.50 bits per heavy atom. The van der Waals surface area contributed by atoms with Gasteiger partial charge in [-0.05, 0) is 87.6 Å². The first-order valence-electron chi connectivity index (χ1n) is 13.1. The van der Waals surface area contributed by atoms with Crippen molar-refractivity contribution in [1.29, 1.82) is 0 Å². The molecule has 0 aromatic heterocycles. The second-order valence-corrected chi connectivity index (χ2v) is 10.8. The number of anilines is 2. The third kappa shape index (κ3) is 4.88. The molecule has 2 N–H and O–H groups in total. The molecule has 0 radical (unpaired) electrons. The summed E-state index contributed by atoms with van der Waals surface area (Å²) in [4.78, 5) is 27.8. The van der Waals surface area contributed by atoms with E-state index in [9.17, 15) is 9.59 Å². The largest absolute Gasteiger partial charge is 0.496 e. The van der Waals surface area contributed by atoms with E-state index in [0.717, 1.165) is 84.0 Å². The molecule has 0 unspecified atom stereocenters. The van der Waals surface area contributed by atoms with Gasteiger partial charge < -0.3 is 25.0 Å². The Morgan fingerprint density at radius 2 is 1.81 bits per heavy atom. The van der Waals surface area contributed by atoms with Crippen LogP contribution in [0.4, 0.5) is 16.2 Å². The van der Waals surface area contributed by atoms with Crippen LogP contribution >= 0.6 is 0 Å². The van der Waals surface area contributed by atoms with Gasteiger partial charge in [0.05, 0.1) is 19.8 Å². The summed E-state index contributed by atoms with van der Waals surface area (Å²) in [6, 6.07) is 9.74. The molecular formula is C29H37N3O4. The molecule has 7 heteroatoms. The molecule has 2 aromatic rings. The Hall–Kier alpha value is -3.22. The molecule has 5 rings (SSSR count). The van der Waals surface area contributed by atoms with Crippen molar-refractivity contribution >= 4 is 23.3 Å². The van der Waals surface area contributed by atoms with Gasteiger partial charge in [-0.1, -0.05) is 13.0 Å². The van der Waals surface area contributed by atoms with Crippen LogP contribution in [-0.2, 0) is 11.3 Å². The fourth-order valence-electron chi connectivity index (χ4n) is 5.80. The monoisotopic (exact) mass is 491 g/mol. The van der Waals surface area contributed by atoms with Crippen LogP contribution in [-0.4, -0.2) is 36.1 Å². The van der Waals surface area contributed by atoms with Gasteiger partial charge in [-0.3, -0.25) is 4.79 Å². The van der Waals surface area contributed by atoms with E-state index in [4.69, 9.17) is 9.47 Å². The van der Waals surface area contributed by atoms with Crippen molar-refractivity contribution in [2.45, 2.75) is 78.0 Å². The summed E-state index contributed by atoms with van der Waals surface area (Å²) in [7, 11) is 1.63. The van der Waals surface area contributed by atoms with E-state index >= 15 is 0 Å². The number of nitrogens with zero attached hydrogens (tertiary/aromatic N) is 1. The molecule has 192 valence electrons. The number of rotatable bonds is 6. The molecule has 0 spiro atoms. The molecule has 0 atom stereocenters. The second-order valence-electron chi connectivity index (χ2n) is 10.8. The van der Waals surface area contributed by atoms with Crippen molar-refractivity contribution in [2.75, 3.05) is 17.7 Å². The van der Waals surface area contributed by atoms with Crippen LogP contribution < -0.4 is 20.1 Å². The number of ether oxygens (including phenoxy) is 2. The third-order valence-electron chi connectivity index (χ3n) is 8.19. The molecule has 1 heterocycles. The zero-order chi connectivity index (χ0) is 25.4. The number of fused-ring (bicyclic) bond motifs is 1. The topological polar surface area (TPSA) is 79.9 Å². The molecule has 1 aliphatic heterocycles. The van der Waals surface area contributed by atoms with E-state index in [1.54, 1.807) is 7.11 Å². The highest BCUT2D eigenvalue weighted by atomic mass is 16.5. The maximum Gasteiger partial charge on any atom is 0.322 e. The van der Waals surface area contributed by atoms with Gasteiger partial charge in [-0.15, -0.1) is 0 Å². The highest BCUT2D eigenvalue weighted by Gasteiger charge is 2.35. The van der Waals surface area contributed by atoms with Crippen molar-refractivity contribution in [3.05, 3.63) is 47.0 Å². The molecule has 2 aliphatic carbocycles. The molecular weight excluding hydrogens is 454 g/mol. The van der Waals surface area contributed by atoms with E-state index in [1.807, 2.05) is 42.2 Å². The van der Waals surface area contributed by atoms with Gasteiger partial charge in [0.15, 0.2) is 0 Å². The fourth-order valence-corrected chi connectivity index (χ4v) is 5.80. The molecule has 0 bridgehead atoms. The Bertz CT molecular complexity index is 1150. The molecule has 0 saturated heterocycles. The fraction of sp³-hybridized carbons (Fsp3) is 0.517. The summed E-state index contributed by atoms with van der Waals surface area (Å²) in [5, 5.41) is 6.13. The number of hydrogen-bond acceptors (Lipinski definition) is 4. The van der Waals surface area contributed by atoms with Crippen molar-refractivity contribution in [3.63, 3.8) is 0 Å². The van der Waals surface area contributed by atoms with Gasteiger partial charge in [0.2, 0.25) is 5.91 Å². The summed E-state index contributed by atoms with van der Waals surface area (Å²) in [6.07, 6.45) is 5.66. The summed E-state index contributed by atoms with van der Waals surface area (Å²) in [5.41, 5.74) is 4.90. The minimum atomic E-state index is -0.0553. The Morgan fingerprint density at radius 1 is 1.06 bits per heavy atom. The molecule has 2 saturated carbocycles. The van der Waals surface area contributed by atoms with Crippen molar-refractivity contribution in [1.82, 2.24) is 4.90 Å². The highest BCUT2D eigenvalue weighted by molar-refractivity contribution is 5.94. The van der Waals surface area contributed by atoms with Crippen LogP contribution in [0, 0.1) is 25.7 Å². The van der Waals surface area contributed by atoms with Crippen LogP contribution in [0.5, 0.6) is 11.5 Å². The number of aryl methyl sites for hydroxylation is 1. The maximum absolute atomic E-state index is 13.0. The smallest absolute Gasteiger partial charge is 0.322 e. The first-order valence-corrected chi connectivity index (χ1v) is 13.1. The molecule has 3 amide bonds. The zero-order valence-corrected chi connectivity index (χ0v) is 21.7. The lowest BCUT2D eigenvalue weighted by Gasteiger charge is -2.40. The maximum atomic E-state index is 13.0. The lowest BCUT2D eigenvalue weighted by atomic mass is 9.84. The highest BCUT2D eigenvalue weighted by Crippen LogP contribution is 2.38. The standard InChI is InChI=1S/C29H37N3O4/c1-17-13-23(14-17)36-26-12-11-25-24(19(26)3)16-32(29(34)31-25)22-9-6-20(7-10-22)28(33)30-21-8-5-18(2)27(15-21)35-4/h5,8,11-12,15,17,20,22-23H,6-7,9-10,13-14,16H2,1-4H3,(H,30,33)(H,31,34). The van der Waals surface area contributed by atoms with E-state index in [0.29, 0.717) is 12.6 Å². The first kappa shape index (κ1) is 24.5. The van der Waals surface area contributed by atoms with Gasteiger partial charge in [0.25, 0.3) is 0 Å². The lowest BCUT2D eigenvalue weighted by molar-refractivity contribution is -0.121. The minimum Gasteiger partial charge on any atom is -0.496 e. The van der Waals surface area contributed by atoms with Crippen LogP contribution in [0.2, 0.25) is 0 Å². The quantitative estimate of drug-likeness (QED) is 0.517. The van der Waals surface area contributed by atoms with E-state index in [2.05, 4.69) is 24.5 Å². The predicted molar refractivity (Wildman–Crippen MR) is 141 cm³/mol. The summed E-state index contributed by atoms with van der Waals surface area (Å²) >= 11 is 0. The third-order valence-corrected chi connectivity index (χ3v) is 8.19. The van der Waals surface area contributed by atoms with Crippen LogP contribution in [0.15, 0.2) is 30.3 Å². The van der Waals surface area contributed by atoms with E-state index < -0.39 is 0 Å². The molecule has 3 aliphatic rings. The van der Waals surface area contributed by atoms with Gasteiger partial charge in [-0.2, -0.15) is 0 Å². The summed E-state index contributed by atoms with van der Waals surface area (Å²) in [5.74, 6) is 2.41. The number of carbonyl (C=O) groups excluding carboxylic acids is 2. The van der Waals surface area contributed by atoms with Gasteiger partial charge >= 0.3 is 6.03 Å². The minimum absolute atomic E-state index is 0.0377. The van der Waals surface area contributed by atoms with Crippen LogP contribution in [0.25, 0.3) is 0 Å². The summed E-state index contributed by atoms with van der Waals surface area (Å²) < 4.78 is 11.6. The van der Waals surface area contributed by atoms with Crippen LogP contribution in [0.3, 0.4) is 0 Å². The van der Waals surface area contributed by atoms with Gasteiger partial charge in [0, 0.05) is 35.0 Å².